The number of amides is 2. The summed E-state index contributed by atoms with van der Waals surface area (Å²) >= 11 is 0. The molecule has 29 heavy (non-hydrogen) atoms. The lowest BCUT2D eigenvalue weighted by molar-refractivity contribution is -0.678. The summed E-state index contributed by atoms with van der Waals surface area (Å²) in [5, 5.41) is 16.0. The van der Waals surface area contributed by atoms with Crippen LogP contribution in [0.5, 0.6) is 5.95 Å². The number of imide groups is 1. The molecule has 2 heterocycles. The van der Waals surface area contributed by atoms with Crippen molar-refractivity contribution in [2.75, 3.05) is 11.9 Å². The maximum Gasteiger partial charge on any atom is 0.254 e. The van der Waals surface area contributed by atoms with Gasteiger partial charge in [0.05, 0.1) is 30.0 Å². The Labute approximate surface area is 167 Å². The van der Waals surface area contributed by atoms with Gasteiger partial charge in [-0.05, 0) is 30.8 Å². The Morgan fingerprint density at radius 2 is 1.86 bits per heavy atom. The summed E-state index contributed by atoms with van der Waals surface area (Å²) in [5.41, 5.74) is 2.56. The second-order valence-electron chi connectivity index (χ2n) is 7.09. The van der Waals surface area contributed by atoms with Crippen LogP contribution in [-0.2, 0) is 16.1 Å². The van der Waals surface area contributed by atoms with Gasteiger partial charge in [0.15, 0.2) is 5.95 Å². The average Bonchev–Trinajstić information content (AvgIpc) is 3.23. The van der Waals surface area contributed by atoms with Gasteiger partial charge in [0.2, 0.25) is 11.6 Å². The number of benzene rings is 2. The minimum Gasteiger partial charge on any atom is -0.539 e. The van der Waals surface area contributed by atoms with Crippen LogP contribution < -0.4 is 14.7 Å². The van der Waals surface area contributed by atoms with Gasteiger partial charge in [0.1, 0.15) is 0 Å². The molecule has 1 saturated heterocycles. The Kier molecular flexibility index (Phi) is 4.85. The molecule has 1 unspecified atom stereocenters. The van der Waals surface area contributed by atoms with Crippen molar-refractivity contribution in [2.45, 2.75) is 25.9 Å². The van der Waals surface area contributed by atoms with Crippen molar-refractivity contribution in [2.24, 2.45) is 0 Å². The number of carbonyl (C=O) groups is 2. The van der Waals surface area contributed by atoms with Crippen LogP contribution in [0.4, 0.5) is 5.69 Å². The molecule has 148 valence electrons. The van der Waals surface area contributed by atoms with Crippen LogP contribution in [0.15, 0.2) is 59.1 Å². The lowest BCUT2D eigenvalue weighted by Crippen LogP contribution is -2.44. The van der Waals surface area contributed by atoms with E-state index in [9.17, 15) is 14.7 Å². The van der Waals surface area contributed by atoms with E-state index in [-0.39, 0.29) is 30.5 Å². The molecule has 8 nitrogen and oxygen atoms in total. The second kappa shape index (κ2) is 7.48. The van der Waals surface area contributed by atoms with Crippen molar-refractivity contribution >= 4 is 17.5 Å². The molecule has 1 aliphatic rings. The molecule has 0 N–H and O–H groups in total. The zero-order chi connectivity index (χ0) is 20.5. The fraction of sp³-hybridized carbons (Fsp3) is 0.238. The van der Waals surface area contributed by atoms with Gasteiger partial charge in [-0.1, -0.05) is 35.9 Å². The lowest BCUT2D eigenvalue weighted by atomic mass is 10.2. The van der Waals surface area contributed by atoms with Crippen LogP contribution in [0.25, 0.3) is 5.69 Å². The number of anilines is 1. The van der Waals surface area contributed by atoms with Crippen LogP contribution in [0, 0.1) is 6.92 Å². The number of aryl methyl sites for hydroxylation is 1. The SMILES string of the molecule is Cc1ccc(N2C(=O)CC(N(C)Cc3c([O-])on[n+]3-c3ccccc3)C2=O)cc1. The Hall–Kier alpha value is -3.52. The summed E-state index contributed by atoms with van der Waals surface area (Å²) in [6.07, 6.45) is 0.0496. The van der Waals surface area contributed by atoms with E-state index in [0.29, 0.717) is 11.4 Å². The monoisotopic (exact) mass is 392 g/mol. The quantitative estimate of drug-likeness (QED) is 0.477. The zero-order valence-electron chi connectivity index (χ0n) is 16.1. The highest BCUT2D eigenvalue weighted by atomic mass is 16.6. The van der Waals surface area contributed by atoms with E-state index in [1.165, 1.54) is 9.58 Å². The molecule has 0 radical (unpaired) electrons. The number of rotatable bonds is 5. The van der Waals surface area contributed by atoms with E-state index in [1.807, 2.05) is 37.3 Å². The molecule has 2 aromatic carbocycles. The molecule has 3 aromatic rings. The highest BCUT2D eigenvalue weighted by molar-refractivity contribution is 6.22. The highest BCUT2D eigenvalue weighted by Crippen LogP contribution is 2.26. The van der Waals surface area contributed by atoms with Gasteiger partial charge in [0.25, 0.3) is 11.6 Å². The molecule has 2 amide bonds. The summed E-state index contributed by atoms with van der Waals surface area (Å²) in [7, 11) is 1.70. The average molecular weight is 392 g/mol. The van der Waals surface area contributed by atoms with E-state index in [0.717, 1.165) is 5.56 Å². The molecule has 1 atom stereocenters. The first-order valence-corrected chi connectivity index (χ1v) is 9.22. The number of para-hydroxylation sites is 1. The number of carbonyl (C=O) groups excluding carboxylic acids is 2. The zero-order valence-corrected chi connectivity index (χ0v) is 16.1. The fourth-order valence-corrected chi connectivity index (χ4v) is 3.44. The summed E-state index contributed by atoms with van der Waals surface area (Å²) in [4.78, 5) is 28.4. The largest absolute Gasteiger partial charge is 0.539 e. The van der Waals surface area contributed by atoms with Crippen LogP contribution >= 0.6 is 0 Å². The topological polar surface area (TPSA) is 93.6 Å². The normalized spacial score (nSPS) is 16.8. The van der Waals surface area contributed by atoms with E-state index >= 15 is 0 Å². The van der Waals surface area contributed by atoms with Gasteiger partial charge in [-0.25, -0.2) is 4.90 Å². The molecule has 1 fully saturated rings. The molecular formula is C21H20N4O4. The van der Waals surface area contributed by atoms with Gasteiger partial charge in [-0.3, -0.25) is 14.5 Å². The molecule has 0 bridgehead atoms. The van der Waals surface area contributed by atoms with Crippen molar-refractivity contribution in [3.63, 3.8) is 0 Å². The van der Waals surface area contributed by atoms with Gasteiger partial charge in [-0.15, -0.1) is 0 Å². The highest BCUT2D eigenvalue weighted by Gasteiger charge is 2.42. The second-order valence-corrected chi connectivity index (χ2v) is 7.09. The van der Waals surface area contributed by atoms with Gasteiger partial charge in [-0.2, -0.15) is 0 Å². The van der Waals surface area contributed by atoms with Gasteiger partial charge >= 0.3 is 0 Å². The summed E-state index contributed by atoms with van der Waals surface area (Å²) in [6, 6.07) is 15.7. The van der Waals surface area contributed by atoms with Crippen LogP contribution in [-0.4, -0.2) is 35.1 Å². The van der Waals surface area contributed by atoms with E-state index < -0.39 is 12.0 Å². The third-order valence-electron chi connectivity index (χ3n) is 5.04. The summed E-state index contributed by atoms with van der Waals surface area (Å²) in [6.45, 7) is 2.05. The van der Waals surface area contributed by atoms with Gasteiger partial charge < -0.3 is 9.63 Å². The maximum absolute atomic E-state index is 13.0. The Morgan fingerprint density at radius 3 is 2.55 bits per heavy atom. The molecule has 8 heteroatoms. The van der Waals surface area contributed by atoms with E-state index in [4.69, 9.17) is 4.52 Å². The van der Waals surface area contributed by atoms with Crippen LogP contribution in [0.1, 0.15) is 17.7 Å². The molecule has 1 aromatic heterocycles. The molecular weight excluding hydrogens is 372 g/mol. The number of hydrogen-bond acceptors (Lipinski definition) is 6. The smallest absolute Gasteiger partial charge is 0.254 e. The summed E-state index contributed by atoms with van der Waals surface area (Å²) < 4.78 is 6.25. The number of nitrogens with zero attached hydrogens (tertiary/aromatic N) is 4. The predicted molar refractivity (Wildman–Crippen MR) is 101 cm³/mol. The fourth-order valence-electron chi connectivity index (χ4n) is 3.44. The third-order valence-corrected chi connectivity index (χ3v) is 5.04. The Balaban J connectivity index is 1.56. The van der Waals surface area contributed by atoms with Gasteiger partial charge in [0, 0.05) is 12.1 Å². The lowest BCUT2D eigenvalue weighted by Gasteiger charge is -2.21. The number of likely N-dealkylation sites (N-methyl/N-ethyl adjacent to an activating group) is 1. The molecule has 4 rings (SSSR count). The number of aromatic nitrogens is 2. The van der Waals surface area contributed by atoms with Crippen molar-refractivity contribution in [1.82, 2.24) is 10.2 Å². The molecule has 0 aliphatic carbocycles. The van der Waals surface area contributed by atoms with E-state index in [2.05, 4.69) is 5.27 Å². The number of hydrogen-bond donors (Lipinski definition) is 0. The molecule has 0 spiro atoms. The summed E-state index contributed by atoms with van der Waals surface area (Å²) in [5.74, 6) is -1.15. The predicted octanol–water partition coefficient (Wildman–Crippen LogP) is 1.10. The van der Waals surface area contributed by atoms with Crippen LogP contribution in [0.2, 0.25) is 0 Å². The molecule has 1 aliphatic heterocycles. The minimum atomic E-state index is -0.665. The first-order valence-electron chi connectivity index (χ1n) is 9.22. The van der Waals surface area contributed by atoms with Crippen molar-refractivity contribution in [1.29, 1.82) is 0 Å². The minimum absolute atomic E-state index is 0.0496. The van der Waals surface area contributed by atoms with E-state index in [1.54, 1.807) is 36.2 Å². The van der Waals surface area contributed by atoms with Crippen molar-refractivity contribution in [3.05, 3.63) is 65.9 Å². The third kappa shape index (κ3) is 3.50. The first kappa shape index (κ1) is 18.8. The van der Waals surface area contributed by atoms with Crippen LogP contribution in [0.3, 0.4) is 0 Å². The van der Waals surface area contributed by atoms with Crippen molar-refractivity contribution in [3.8, 4) is 11.6 Å². The molecule has 0 saturated carbocycles. The Bertz CT molecular complexity index is 1050. The maximum atomic E-state index is 13.0. The first-order chi connectivity index (χ1) is 14.0. The van der Waals surface area contributed by atoms with Crippen molar-refractivity contribution < 1.29 is 23.9 Å². The standard InChI is InChI=1S/C21H20N4O4/c1-14-8-10-15(11-9-14)24-19(26)12-17(20(24)27)23(2)13-18-21(28)29-22-25(18)16-6-4-3-5-7-16/h3-11,17H,12-13H2,1-2H3. The Morgan fingerprint density at radius 1 is 1.17 bits per heavy atom.